The van der Waals surface area contributed by atoms with Gasteiger partial charge in [-0.05, 0) is 80.9 Å². The lowest BCUT2D eigenvalue weighted by molar-refractivity contribution is 0.154. The van der Waals surface area contributed by atoms with Crippen LogP contribution in [0.1, 0.15) is 48.4 Å². The van der Waals surface area contributed by atoms with Crippen LogP contribution in [0.4, 0.5) is 0 Å². The third-order valence-electron chi connectivity index (χ3n) is 6.31. The number of furan rings is 1. The molecule has 4 rings (SSSR count). The molecule has 0 radical (unpaired) electrons. The minimum Gasteiger partial charge on any atom is -0.507 e. The second kappa shape index (κ2) is 9.37. The second-order valence-corrected chi connectivity index (χ2v) is 9.33. The number of hydrogen-bond donors (Lipinski definition) is 1. The van der Waals surface area contributed by atoms with Gasteiger partial charge >= 0.3 is 0 Å². The number of aromatic hydroxyl groups is 1. The van der Waals surface area contributed by atoms with E-state index in [4.69, 9.17) is 4.42 Å². The average molecular weight is 439 g/mol. The van der Waals surface area contributed by atoms with Crippen LogP contribution in [0.2, 0.25) is 0 Å². The maximum absolute atomic E-state index is 13.7. The van der Waals surface area contributed by atoms with Crippen molar-refractivity contribution in [3.05, 3.63) is 81.7 Å². The molecule has 0 amide bonds. The van der Waals surface area contributed by atoms with Gasteiger partial charge < -0.3 is 14.1 Å². The third-order valence-corrected chi connectivity index (χ3v) is 7.05. The molecule has 5 nitrogen and oxygen atoms in total. The molecule has 1 N–H and O–H groups in total. The van der Waals surface area contributed by atoms with E-state index in [0.29, 0.717) is 23.7 Å². The summed E-state index contributed by atoms with van der Waals surface area (Å²) >= 11 is 1.69. The Bertz CT molecular complexity index is 1070. The molecular formula is C25H30N2O3S. The summed E-state index contributed by atoms with van der Waals surface area (Å²) in [6, 6.07) is 13.5. The largest absolute Gasteiger partial charge is 0.507 e. The SMILES string of the molecule is CSc1ccc([C@@H](c2c(O)cc(C)n(Cc3ccco3)c2=O)N2CCC(C)CC2)cc1. The molecule has 164 valence electrons. The van der Waals surface area contributed by atoms with Crippen molar-refractivity contribution in [3.8, 4) is 5.75 Å². The van der Waals surface area contributed by atoms with Crippen LogP contribution in [0, 0.1) is 12.8 Å². The van der Waals surface area contributed by atoms with Crippen molar-refractivity contribution in [2.24, 2.45) is 5.92 Å². The van der Waals surface area contributed by atoms with Crippen molar-refractivity contribution >= 4 is 11.8 Å². The lowest BCUT2D eigenvalue weighted by Gasteiger charge is -2.37. The Balaban J connectivity index is 1.82. The van der Waals surface area contributed by atoms with E-state index in [0.717, 1.165) is 37.3 Å². The van der Waals surface area contributed by atoms with E-state index in [2.05, 4.69) is 42.3 Å². The summed E-state index contributed by atoms with van der Waals surface area (Å²) in [4.78, 5) is 17.2. The first kappa shape index (κ1) is 21.8. The van der Waals surface area contributed by atoms with Crippen LogP contribution in [-0.2, 0) is 6.54 Å². The summed E-state index contributed by atoms with van der Waals surface area (Å²) in [7, 11) is 0. The van der Waals surface area contributed by atoms with Crippen LogP contribution in [0.5, 0.6) is 5.75 Å². The summed E-state index contributed by atoms with van der Waals surface area (Å²) in [5.41, 5.74) is 2.04. The number of likely N-dealkylation sites (tertiary alicyclic amines) is 1. The molecule has 2 aromatic heterocycles. The number of hydrogen-bond acceptors (Lipinski definition) is 5. The van der Waals surface area contributed by atoms with Crippen LogP contribution in [0.15, 0.2) is 62.8 Å². The Labute approximate surface area is 187 Å². The Morgan fingerprint density at radius 3 is 2.52 bits per heavy atom. The molecule has 31 heavy (non-hydrogen) atoms. The van der Waals surface area contributed by atoms with E-state index in [1.807, 2.05) is 19.1 Å². The van der Waals surface area contributed by atoms with Gasteiger partial charge in [0.15, 0.2) is 0 Å². The van der Waals surface area contributed by atoms with E-state index >= 15 is 0 Å². The topological polar surface area (TPSA) is 58.6 Å². The van der Waals surface area contributed by atoms with Crippen LogP contribution in [0.3, 0.4) is 0 Å². The molecule has 1 aliphatic rings. The Morgan fingerprint density at radius 1 is 1.19 bits per heavy atom. The van der Waals surface area contributed by atoms with Crippen LogP contribution in [0.25, 0.3) is 0 Å². The molecule has 1 aromatic carbocycles. The van der Waals surface area contributed by atoms with Crippen LogP contribution < -0.4 is 5.56 Å². The van der Waals surface area contributed by atoms with Gasteiger partial charge in [-0.3, -0.25) is 9.69 Å². The van der Waals surface area contributed by atoms with Crippen molar-refractivity contribution in [1.82, 2.24) is 9.47 Å². The van der Waals surface area contributed by atoms with Crippen molar-refractivity contribution in [1.29, 1.82) is 0 Å². The fourth-order valence-electron chi connectivity index (χ4n) is 4.41. The summed E-state index contributed by atoms with van der Waals surface area (Å²) in [5, 5.41) is 11.0. The summed E-state index contributed by atoms with van der Waals surface area (Å²) in [6.45, 7) is 6.28. The summed E-state index contributed by atoms with van der Waals surface area (Å²) < 4.78 is 7.18. The highest BCUT2D eigenvalue weighted by Crippen LogP contribution is 2.35. The zero-order chi connectivity index (χ0) is 22.0. The highest BCUT2D eigenvalue weighted by molar-refractivity contribution is 7.98. The van der Waals surface area contributed by atoms with E-state index in [1.165, 1.54) is 4.90 Å². The zero-order valence-electron chi connectivity index (χ0n) is 18.4. The van der Waals surface area contributed by atoms with E-state index < -0.39 is 0 Å². The molecule has 0 bridgehead atoms. The van der Waals surface area contributed by atoms with Crippen LogP contribution in [-0.4, -0.2) is 33.9 Å². The molecule has 0 aliphatic carbocycles. The van der Waals surface area contributed by atoms with Crippen molar-refractivity contribution in [2.75, 3.05) is 19.3 Å². The highest BCUT2D eigenvalue weighted by atomic mass is 32.2. The first-order valence-corrected chi connectivity index (χ1v) is 12.0. The molecule has 0 spiro atoms. The number of aromatic nitrogens is 1. The third kappa shape index (κ3) is 4.60. The van der Waals surface area contributed by atoms with E-state index in [1.54, 1.807) is 28.7 Å². The van der Waals surface area contributed by atoms with E-state index in [9.17, 15) is 9.90 Å². The molecular weight excluding hydrogens is 408 g/mol. The fraction of sp³-hybridized carbons (Fsp3) is 0.400. The van der Waals surface area contributed by atoms with Crippen LogP contribution >= 0.6 is 11.8 Å². The molecule has 0 unspecified atom stereocenters. The molecule has 0 saturated carbocycles. The van der Waals surface area contributed by atoms with E-state index in [-0.39, 0.29) is 17.4 Å². The minimum atomic E-state index is -0.278. The molecule has 1 aliphatic heterocycles. The maximum Gasteiger partial charge on any atom is 0.260 e. The van der Waals surface area contributed by atoms with Crippen molar-refractivity contribution in [2.45, 2.75) is 44.2 Å². The minimum absolute atomic E-state index is 0.0655. The number of aryl methyl sites for hydroxylation is 1. The van der Waals surface area contributed by atoms with Gasteiger partial charge in [0.25, 0.3) is 5.56 Å². The van der Waals surface area contributed by atoms with Gasteiger partial charge in [-0.25, -0.2) is 0 Å². The van der Waals surface area contributed by atoms with Gasteiger partial charge in [0.1, 0.15) is 11.5 Å². The predicted molar refractivity (Wildman–Crippen MR) is 125 cm³/mol. The van der Waals surface area contributed by atoms with Gasteiger partial charge in [-0.15, -0.1) is 11.8 Å². The molecule has 6 heteroatoms. The van der Waals surface area contributed by atoms with Gasteiger partial charge in [0, 0.05) is 10.6 Å². The fourth-order valence-corrected chi connectivity index (χ4v) is 4.82. The highest BCUT2D eigenvalue weighted by Gasteiger charge is 2.31. The summed E-state index contributed by atoms with van der Waals surface area (Å²) in [5.74, 6) is 1.46. The normalized spacial score (nSPS) is 16.5. The first-order valence-electron chi connectivity index (χ1n) is 10.8. The number of pyridine rings is 1. The van der Waals surface area contributed by atoms with Gasteiger partial charge in [0.2, 0.25) is 0 Å². The molecule has 3 aromatic rings. The monoisotopic (exact) mass is 438 g/mol. The lowest BCUT2D eigenvalue weighted by Crippen LogP contribution is -2.40. The lowest BCUT2D eigenvalue weighted by atomic mass is 9.92. The van der Waals surface area contributed by atoms with Gasteiger partial charge in [-0.2, -0.15) is 0 Å². The number of thioether (sulfide) groups is 1. The standard InChI is InChI=1S/C25H30N2O3S/c1-17-10-12-26(13-11-17)24(19-6-8-21(31-3)9-7-19)23-22(28)15-18(2)27(25(23)29)16-20-5-4-14-30-20/h4-9,14-15,17,24,28H,10-13,16H2,1-3H3/t24-/m0/s1. The second-order valence-electron chi connectivity index (χ2n) is 8.45. The molecule has 1 atom stereocenters. The molecule has 1 saturated heterocycles. The quantitative estimate of drug-likeness (QED) is 0.546. The van der Waals surface area contributed by atoms with Gasteiger partial charge in [0.05, 0.1) is 24.4 Å². The summed E-state index contributed by atoms with van der Waals surface area (Å²) in [6.07, 6.45) is 5.85. The number of nitrogens with zero attached hydrogens (tertiary/aromatic N) is 2. The first-order chi connectivity index (χ1) is 15.0. The average Bonchev–Trinajstić information content (AvgIpc) is 3.28. The number of piperidine rings is 1. The molecule has 3 heterocycles. The number of rotatable bonds is 6. The maximum atomic E-state index is 13.7. The smallest absolute Gasteiger partial charge is 0.260 e. The van der Waals surface area contributed by atoms with Crippen molar-refractivity contribution < 1.29 is 9.52 Å². The molecule has 1 fully saturated rings. The Morgan fingerprint density at radius 2 is 1.90 bits per heavy atom. The van der Waals surface area contributed by atoms with Crippen molar-refractivity contribution in [3.63, 3.8) is 0 Å². The number of benzene rings is 1. The Hall–Kier alpha value is -2.44. The zero-order valence-corrected chi connectivity index (χ0v) is 19.2. The predicted octanol–water partition coefficient (Wildman–Crippen LogP) is 5.05. The van der Waals surface area contributed by atoms with Gasteiger partial charge in [-0.1, -0.05) is 19.1 Å². The Kier molecular flexibility index (Phi) is 6.58.